The second kappa shape index (κ2) is 7.93. The zero-order chi connectivity index (χ0) is 20.5. The zero-order valence-electron chi connectivity index (χ0n) is 15.7. The van der Waals surface area contributed by atoms with Gasteiger partial charge in [0.2, 0.25) is 15.9 Å². The number of para-hydroxylation sites is 1. The van der Waals surface area contributed by atoms with Crippen molar-refractivity contribution in [2.45, 2.75) is 33.1 Å². The Morgan fingerprint density at radius 1 is 1.14 bits per heavy atom. The van der Waals surface area contributed by atoms with Crippen LogP contribution < -0.4 is 9.62 Å². The summed E-state index contributed by atoms with van der Waals surface area (Å²) in [6.07, 6.45) is 1.42. The van der Waals surface area contributed by atoms with Crippen molar-refractivity contribution < 1.29 is 18.0 Å². The molecule has 1 N–H and O–H groups in total. The molecular weight excluding hydrogens is 400 g/mol. The number of carbonyl (C=O) groups is 2. The first-order valence-electron chi connectivity index (χ1n) is 9.06. The highest BCUT2D eigenvalue weighted by Crippen LogP contribution is 2.30. The summed E-state index contributed by atoms with van der Waals surface area (Å²) in [6.45, 7) is 4.00. The molecule has 1 aliphatic rings. The lowest BCUT2D eigenvalue weighted by Crippen LogP contribution is -2.29. The molecule has 0 aliphatic carbocycles. The largest absolute Gasteiger partial charge is 0.321 e. The maximum absolute atomic E-state index is 12.9. The van der Waals surface area contributed by atoms with Crippen LogP contribution in [0.3, 0.4) is 0 Å². The Morgan fingerprint density at radius 3 is 2.32 bits per heavy atom. The minimum absolute atomic E-state index is 0.0732. The monoisotopic (exact) mass is 420 g/mol. The van der Waals surface area contributed by atoms with Crippen LogP contribution in [0, 0.1) is 0 Å². The highest BCUT2D eigenvalue weighted by Gasteiger charge is 2.36. The Balaban J connectivity index is 1.99. The second-order valence-electron chi connectivity index (χ2n) is 6.50. The summed E-state index contributed by atoms with van der Waals surface area (Å²) in [6, 6.07) is 10.0. The predicted molar refractivity (Wildman–Crippen MR) is 110 cm³/mol. The van der Waals surface area contributed by atoms with Crippen molar-refractivity contribution in [1.82, 2.24) is 0 Å². The number of halogens is 1. The van der Waals surface area contributed by atoms with Gasteiger partial charge in [0.15, 0.2) is 0 Å². The molecule has 0 atom stereocenters. The Kier molecular flexibility index (Phi) is 5.76. The van der Waals surface area contributed by atoms with E-state index in [1.165, 1.54) is 18.2 Å². The molecule has 28 heavy (non-hydrogen) atoms. The zero-order valence-corrected chi connectivity index (χ0v) is 17.2. The van der Waals surface area contributed by atoms with Crippen LogP contribution >= 0.6 is 11.6 Å². The third-order valence-corrected chi connectivity index (χ3v) is 6.77. The van der Waals surface area contributed by atoms with Gasteiger partial charge in [0, 0.05) is 12.1 Å². The first-order valence-corrected chi connectivity index (χ1v) is 11.0. The first kappa shape index (κ1) is 20.4. The number of carbonyl (C=O) groups excluding carboxylic acids is 2. The van der Waals surface area contributed by atoms with Crippen LogP contribution in [0.25, 0.3) is 0 Å². The van der Waals surface area contributed by atoms with Gasteiger partial charge in [0.25, 0.3) is 5.91 Å². The van der Waals surface area contributed by atoms with Crippen molar-refractivity contribution >= 4 is 44.8 Å². The fourth-order valence-corrected chi connectivity index (χ4v) is 4.92. The number of rotatable bonds is 5. The molecule has 2 aromatic carbocycles. The number of benzene rings is 2. The van der Waals surface area contributed by atoms with E-state index in [2.05, 4.69) is 5.32 Å². The molecule has 148 valence electrons. The minimum atomic E-state index is -3.72. The van der Waals surface area contributed by atoms with Crippen LogP contribution in [0.5, 0.6) is 0 Å². The van der Waals surface area contributed by atoms with E-state index < -0.39 is 21.8 Å². The molecular formula is C20H21ClN2O4S. The third kappa shape index (κ3) is 3.77. The standard InChI is InChI=1S/C20H21ClN2O4S/c1-3-13-6-5-7-14(4-2)19(13)22-20(25)16-12-15(8-9-17(16)21)23-18(24)10-11-28(23,26)27/h5-9,12H,3-4,10-11H2,1-2H3,(H,22,25). The lowest BCUT2D eigenvalue weighted by molar-refractivity contribution is -0.116. The lowest BCUT2D eigenvalue weighted by Gasteiger charge is -2.18. The average Bonchev–Trinajstić information content (AvgIpc) is 2.95. The van der Waals surface area contributed by atoms with E-state index in [1.807, 2.05) is 32.0 Å². The van der Waals surface area contributed by atoms with Crippen LogP contribution in [0.4, 0.5) is 11.4 Å². The number of sulfonamides is 1. The molecule has 8 heteroatoms. The van der Waals surface area contributed by atoms with E-state index in [0.29, 0.717) is 0 Å². The summed E-state index contributed by atoms with van der Waals surface area (Å²) >= 11 is 6.21. The fraction of sp³-hybridized carbons (Fsp3) is 0.300. The van der Waals surface area contributed by atoms with E-state index in [4.69, 9.17) is 11.6 Å². The Labute approximate surface area is 169 Å². The van der Waals surface area contributed by atoms with Gasteiger partial charge in [0.1, 0.15) is 0 Å². The smallest absolute Gasteiger partial charge is 0.257 e. The van der Waals surface area contributed by atoms with Crippen molar-refractivity contribution in [3.8, 4) is 0 Å². The number of aryl methyl sites for hydroxylation is 2. The molecule has 0 unspecified atom stereocenters. The van der Waals surface area contributed by atoms with Gasteiger partial charge in [-0.25, -0.2) is 12.7 Å². The molecule has 1 saturated heterocycles. The van der Waals surface area contributed by atoms with E-state index in [-0.39, 0.29) is 28.4 Å². The van der Waals surface area contributed by atoms with Crippen molar-refractivity contribution in [3.63, 3.8) is 0 Å². The van der Waals surface area contributed by atoms with Crippen molar-refractivity contribution in [2.75, 3.05) is 15.4 Å². The van der Waals surface area contributed by atoms with Crippen LogP contribution in [0.2, 0.25) is 5.02 Å². The number of nitrogens with zero attached hydrogens (tertiary/aromatic N) is 1. The molecule has 0 radical (unpaired) electrons. The van der Waals surface area contributed by atoms with Crippen molar-refractivity contribution in [2.24, 2.45) is 0 Å². The average molecular weight is 421 g/mol. The quantitative estimate of drug-likeness (QED) is 0.797. The summed E-state index contributed by atoms with van der Waals surface area (Å²) in [5.74, 6) is -1.20. The SMILES string of the molecule is CCc1cccc(CC)c1NC(=O)c1cc(N2C(=O)CCS2(=O)=O)ccc1Cl. The Morgan fingerprint density at radius 2 is 1.79 bits per heavy atom. The molecule has 0 spiro atoms. The number of anilines is 2. The predicted octanol–water partition coefficient (Wildman–Crippen LogP) is 3.78. The van der Waals surface area contributed by atoms with Gasteiger partial charge in [0.05, 0.1) is 22.0 Å². The molecule has 0 aromatic heterocycles. The van der Waals surface area contributed by atoms with Crippen molar-refractivity contribution in [3.05, 3.63) is 58.1 Å². The van der Waals surface area contributed by atoms with Crippen LogP contribution in [0.1, 0.15) is 41.8 Å². The summed E-state index contributed by atoms with van der Waals surface area (Å²) in [7, 11) is -3.72. The summed E-state index contributed by atoms with van der Waals surface area (Å²) in [5.41, 5.74) is 2.97. The van der Waals surface area contributed by atoms with Gasteiger partial charge in [-0.05, 0) is 42.2 Å². The van der Waals surface area contributed by atoms with Crippen LogP contribution in [-0.4, -0.2) is 26.0 Å². The molecule has 1 fully saturated rings. The van der Waals surface area contributed by atoms with Gasteiger partial charge in [-0.2, -0.15) is 0 Å². The molecule has 0 bridgehead atoms. The molecule has 2 amide bonds. The third-order valence-electron chi connectivity index (χ3n) is 4.75. The number of hydrogen-bond acceptors (Lipinski definition) is 4. The van der Waals surface area contributed by atoms with E-state index in [9.17, 15) is 18.0 Å². The highest BCUT2D eigenvalue weighted by molar-refractivity contribution is 7.94. The van der Waals surface area contributed by atoms with E-state index >= 15 is 0 Å². The molecule has 6 nitrogen and oxygen atoms in total. The van der Waals surface area contributed by atoms with Gasteiger partial charge >= 0.3 is 0 Å². The maximum atomic E-state index is 12.9. The van der Waals surface area contributed by atoms with Crippen LogP contribution in [-0.2, 0) is 27.7 Å². The molecule has 2 aromatic rings. The number of amides is 2. The second-order valence-corrected chi connectivity index (χ2v) is 8.85. The maximum Gasteiger partial charge on any atom is 0.257 e. The lowest BCUT2D eigenvalue weighted by atomic mass is 10.0. The normalized spacial score (nSPS) is 15.7. The summed E-state index contributed by atoms with van der Waals surface area (Å²) in [5, 5.41) is 3.09. The van der Waals surface area contributed by atoms with Crippen molar-refractivity contribution in [1.29, 1.82) is 0 Å². The number of nitrogens with one attached hydrogen (secondary N) is 1. The summed E-state index contributed by atoms with van der Waals surface area (Å²) < 4.78 is 25.1. The van der Waals surface area contributed by atoms with Gasteiger partial charge in [-0.1, -0.05) is 43.6 Å². The molecule has 1 aliphatic heterocycles. The van der Waals surface area contributed by atoms with Gasteiger partial charge in [-0.3, -0.25) is 9.59 Å². The molecule has 0 saturated carbocycles. The van der Waals surface area contributed by atoms with E-state index in [1.54, 1.807) is 0 Å². The Hall–Kier alpha value is -2.38. The number of hydrogen-bond donors (Lipinski definition) is 1. The minimum Gasteiger partial charge on any atom is -0.321 e. The Bertz CT molecular complexity index is 1030. The van der Waals surface area contributed by atoms with E-state index in [0.717, 1.165) is 34.0 Å². The van der Waals surface area contributed by atoms with Gasteiger partial charge < -0.3 is 5.32 Å². The van der Waals surface area contributed by atoms with Crippen LogP contribution in [0.15, 0.2) is 36.4 Å². The summed E-state index contributed by atoms with van der Waals surface area (Å²) in [4.78, 5) is 25.0. The van der Waals surface area contributed by atoms with Gasteiger partial charge in [-0.15, -0.1) is 0 Å². The fourth-order valence-electron chi connectivity index (χ4n) is 3.27. The molecule has 3 rings (SSSR count). The molecule has 1 heterocycles. The topological polar surface area (TPSA) is 83.6 Å². The highest BCUT2D eigenvalue weighted by atomic mass is 35.5. The first-order chi connectivity index (χ1) is 13.3.